The maximum Gasteiger partial charge on any atom is 1.00 e. The van der Waals surface area contributed by atoms with E-state index in [1.807, 2.05) is 0 Å². The molecule has 0 aliphatic rings. The largest absolute Gasteiger partial charge is 1.00 e. The summed E-state index contributed by atoms with van der Waals surface area (Å²) in [7, 11) is -10.1. The van der Waals surface area contributed by atoms with Crippen molar-refractivity contribution >= 4 is 26.3 Å². The van der Waals surface area contributed by atoms with Crippen molar-refractivity contribution in [3.8, 4) is 0 Å². The minimum Gasteiger partial charge on any atom is -0.744 e. The fourth-order valence-electron chi connectivity index (χ4n) is 1.16. The van der Waals surface area contributed by atoms with E-state index in [1.165, 1.54) is 6.07 Å². The second-order valence-electron chi connectivity index (χ2n) is 2.79. The van der Waals surface area contributed by atoms with Crippen LogP contribution in [0.4, 0.5) is 0 Å². The fourth-order valence-corrected chi connectivity index (χ4v) is 3.11. The Morgan fingerprint density at radius 2 is 1.50 bits per heavy atom. The topological polar surface area (TPSA) is 114 Å². The Kier molecular flexibility index (Phi) is 10.5. The van der Waals surface area contributed by atoms with Gasteiger partial charge in [0.15, 0.2) is 0 Å². The number of hydrogen-bond acceptors (Lipinski definition) is 6. The second kappa shape index (κ2) is 8.48. The van der Waals surface area contributed by atoms with Crippen LogP contribution in [0, 0.1) is 0 Å². The van der Waals surface area contributed by atoms with Crippen LogP contribution in [0.2, 0.25) is 0 Å². The Morgan fingerprint density at radius 1 is 1.00 bits per heavy atom. The van der Waals surface area contributed by atoms with Crippen molar-refractivity contribution in [1.82, 2.24) is 0 Å². The summed E-state index contributed by atoms with van der Waals surface area (Å²) >= 11 is 0. The summed E-state index contributed by atoms with van der Waals surface area (Å²) < 4.78 is 64.9. The number of benzene rings is 1. The molecule has 0 saturated heterocycles. The molecule has 0 spiro atoms. The molecule has 0 fully saturated rings. The summed E-state index contributed by atoms with van der Waals surface area (Å²) in [5.41, 5.74) is -0.216. The van der Waals surface area contributed by atoms with Gasteiger partial charge in [-0.05, 0) is 11.6 Å². The van der Waals surface area contributed by atoms with E-state index in [2.05, 4.69) is 6.58 Å². The van der Waals surface area contributed by atoms with E-state index in [0.29, 0.717) is 0 Å². The van der Waals surface area contributed by atoms with Crippen LogP contribution in [0.1, 0.15) is 5.56 Å². The average Bonchev–Trinajstić information content (AvgIpc) is 2.13. The van der Waals surface area contributed by atoms with Crippen molar-refractivity contribution in [2.75, 3.05) is 0 Å². The Bertz CT molecular complexity index is 636. The van der Waals surface area contributed by atoms with E-state index in [-0.39, 0.29) is 108 Å². The predicted molar refractivity (Wildman–Crippen MR) is 52.5 cm³/mol. The third-order valence-electron chi connectivity index (χ3n) is 1.75. The van der Waals surface area contributed by atoms with E-state index >= 15 is 0 Å². The molecule has 88 valence electrons. The minimum absolute atomic E-state index is 0. The normalized spacial score (nSPS) is 11.0. The summed E-state index contributed by atoms with van der Waals surface area (Å²) in [6.45, 7) is 3.23. The molecule has 1 aromatic rings. The summed E-state index contributed by atoms with van der Waals surface area (Å²) in [5.74, 6) is 0. The van der Waals surface area contributed by atoms with Crippen molar-refractivity contribution < 1.29 is 129 Å². The van der Waals surface area contributed by atoms with E-state index in [9.17, 15) is 25.9 Å². The molecule has 10 heteroatoms. The van der Waals surface area contributed by atoms with Crippen LogP contribution in [-0.2, 0) is 20.2 Å². The third-order valence-corrected chi connectivity index (χ3v) is 3.71. The van der Waals surface area contributed by atoms with Crippen molar-refractivity contribution in [2.24, 2.45) is 0 Å². The SMILES string of the molecule is C=Cc1cccc(S(=O)(=O)[O-])c1S(=O)(=O)[O-].[K+].[K+]. The monoisotopic (exact) mass is 340 g/mol. The summed E-state index contributed by atoms with van der Waals surface area (Å²) in [6, 6.07) is 3.09. The van der Waals surface area contributed by atoms with Gasteiger partial charge in [0.05, 0.1) is 9.79 Å². The van der Waals surface area contributed by atoms with Gasteiger partial charge in [0.2, 0.25) is 0 Å². The zero-order chi connectivity index (χ0) is 12.6. The molecule has 0 aliphatic carbocycles. The van der Waals surface area contributed by atoms with Crippen LogP contribution in [0.5, 0.6) is 0 Å². The van der Waals surface area contributed by atoms with Crippen LogP contribution in [0.25, 0.3) is 6.08 Å². The zero-order valence-electron chi connectivity index (χ0n) is 9.78. The molecule has 0 radical (unpaired) electrons. The molecule has 0 aromatic heterocycles. The fraction of sp³-hybridized carbons (Fsp3) is 0. The first kappa shape index (κ1) is 22.3. The van der Waals surface area contributed by atoms with Gasteiger partial charge in [-0.3, -0.25) is 0 Å². The van der Waals surface area contributed by atoms with Crippen LogP contribution < -0.4 is 103 Å². The number of hydrogen-bond donors (Lipinski definition) is 0. The molecule has 0 atom stereocenters. The van der Waals surface area contributed by atoms with Gasteiger partial charge in [0, 0.05) is 0 Å². The van der Waals surface area contributed by atoms with Gasteiger partial charge < -0.3 is 9.11 Å². The first-order valence-electron chi connectivity index (χ1n) is 3.85. The van der Waals surface area contributed by atoms with Crippen LogP contribution in [0.3, 0.4) is 0 Å². The molecule has 18 heavy (non-hydrogen) atoms. The standard InChI is InChI=1S/C8H8O6S2.2K/c1-2-6-4-3-5-7(15(9,10)11)8(6)16(12,13)14;;/h2-5H,1H2,(H,9,10,11)(H,12,13,14);;/q;2*+1/p-2. The van der Waals surface area contributed by atoms with E-state index < -0.39 is 30.0 Å². The second-order valence-corrected chi connectivity index (χ2v) is 5.45. The van der Waals surface area contributed by atoms with Crippen molar-refractivity contribution in [3.05, 3.63) is 30.3 Å². The molecule has 0 N–H and O–H groups in total. The Balaban J connectivity index is 0. The summed E-state index contributed by atoms with van der Waals surface area (Å²) in [5, 5.41) is 0. The average molecular weight is 340 g/mol. The number of rotatable bonds is 3. The molecule has 0 heterocycles. The quantitative estimate of drug-likeness (QED) is 0.400. The van der Waals surface area contributed by atoms with Gasteiger partial charge in [-0.15, -0.1) is 0 Å². The van der Waals surface area contributed by atoms with Crippen molar-refractivity contribution in [1.29, 1.82) is 0 Å². The van der Waals surface area contributed by atoms with Crippen molar-refractivity contribution in [2.45, 2.75) is 9.79 Å². The molecule has 0 unspecified atom stereocenters. The molecular formula is C8H6K2O6S2. The molecule has 1 rings (SSSR count). The Hall–Kier alpha value is 2.05. The van der Waals surface area contributed by atoms with Crippen LogP contribution in [-0.4, -0.2) is 25.9 Å². The van der Waals surface area contributed by atoms with E-state index in [0.717, 1.165) is 18.2 Å². The van der Waals surface area contributed by atoms with E-state index in [4.69, 9.17) is 0 Å². The predicted octanol–water partition coefficient (Wildman–Crippen LogP) is -5.85. The van der Waals surface area contributed by atoms with Crippen LogP contribution in [0.15, 0.2) is 34.6 Å². The summed E-state index contributed by atoms with van der Waals surface area (Å²) in [4.78, 5) is -2.11. The zero-order valence-corrected chi connectivity index (χ0v) is 17.7. The van der Waals surface area contributed by atoms with Gasteiger partial charge in [-0.1, -0.05) is 24.8 Å². The van der Waals surface area contributed by atoms with Crippen LogP contribution >= 0.6 is 0 Å². The van der Waals surface area contributed by atoms with Gasteiger partial charge >= 0.3 is 103 Å². The van der Waals surface area contributed by atoms with Gasteiger partial charge in [0.25, 0.3) is 0 Å². The Labute approximate surface area is 191 Å². The maximum atomic E-state index is 10.9. The third kappa shape index (κ3) is 5.81. The molecule has 0 aliphatic heterocycles. The van der Waals surface area contributed by atoms with Crippen molar-refractivity contribution in [3.63, 3.8) is 0 Å². The molecular weight excluding hydrogens is 334 g/mol. The summed E-state index contributed by atoms with van der Waals surface area (Å²) in [6.07, 6.45) is 0.986. The molecule has 0 bridgehead atoms. The Morgan fingerprint density at radius 3 is 1.83 bits per heavy atom. The molecule has 0 saturated carbocycles. The first-order valence-corrected chi connectivity index (χ1v) is 6.67. The van der Waals surface area contributed by atoms with Gasteiger partial charge in [0.1, 0.15) is 20.2 Å². The molecule has 0 amide bonds. The van der Waals surface area contributed by atoms with Gasteiger partial charge in [-0.25, -0.2) is 16.8 Å². The maximum absolute atomic E-state index is 10.9. The van der Waals surface area contributed by atoms with E-state index in [1.54, 1.807) is 0 Å². The minimum atomic E-state index is -5.06. The molecule has 1 aromatic carbocycles. The van der Waals surface area contributed by atoms with Gasteiger partial charge in [-0.2, -0.15) is 0 Å². The smallest absolute Gasteiger partial charge is 0.744 e. The molecule has 6 nitrogen and oxygen atoms in total. The first-order chi connectivity index (χ1) is 7.18.